The largest absolute Gasteiger partial charge is 0.771 e. The van der Waals surface area contributed by atoms with Gasteiger partial charge in [0.2, 0.25) is 5.95 Å². The van der Waals surface area contributed by atoms with E-state index in [0.29, 0.717) is 5.95 Å². The molecule has 1 aromatic heterocycles. The quantitative estimate of drug-likeness (QED) is 0.660. The van der Waals surface area contributed by atoms with E-state index in [4.69, 9.17) is 0 Å². The van der Waals surface area contributed by atoms with Crippen LogP contribution >= 0.6 is 0 Å². The van der Waals surface area contributed by atoms with Gasteiger partial charge in [0.15, 0.2) is 0 Å². The summed E-state index contributed by atoms with van der Waals surface area (Å²) in [6.45, 7) is 2.99. The molecule has 2 heterocycles. The van der Waals surface area contributed by atoms with Crippen LogP contribution in [0.4, 0.5) is 5.95 Å². The van der Waals surface area contributed by atoms with Gasteiger partial charge in [-0.25, -0.2) is 9.97 Å². The van der Waals surface area contributed by atoms with Gasteiger partial charge in [-0.05, 0) is 17.1 Å². The van der Waals surface area contributed by atoms with Crippen molar-refractivity contribution in [1.29, 1.82) is 0 Å². The SMILES string of the molecule is O=S([O-])CN1CCN(c2ncccn2)CC1. The van der Waals surface area contributed by atoms with Gasteiger partial charge in [-0.3, -0.25) is 9.11 Å². The fraction of sp³-hybridized carbons (Fsp3) is 0.556. The Balaban J connectivity index is 1.88. The molecule has 0 bridgehead atoms. The molecule has 0 saturated carbocycles. The second kappa shape index (κ2) is 5.33. The Morgan fingerprint density at radius 3 is 2.44 bits per heavy atom. The van der Waals surface area contributed by atoms with Crippen molar-refractivity contribution in [2.75, 3.05) is 37.0 Å². The minimum Gasteiger partial charge on any atom is -0.771 e. The first-order valence-corrected chi connectivity index (χ1v) is 6.30. The number of rotatable bonds is 3. The predicted molar refractivity (Wildman–Crippen MR) is 59.6 cm³/mol. The first-order chi connectivity index (χ1) is 7.75. The Bertz CT molecular complexity index is 354. The average Bonchev–Trinajstić information content (AvgIpc) is 2.30. The molecule has 0 aliphatic carbocycles. The van der Waals surface area contributed by atoms with Gasteiger partial charge < -0.3 is 9.45 Å². The molecule has 0 aromatic carbocycles. The van der Waals surface area contributed by atoms with E-state index in [1.807, 2.05) is 4.90 Å². The maximum atomic E-state index is 10.5. The van der Waals surface area contributed by atoms with E-state index >= 15 is 0 Å². The summed E-state index contributed by atoms with van der Waals surface area (Å²) in [5.41, 5.74) is 0. The lowest BCUT2D eigenvalue weighted by molar-refractivity contribution is 0.290. The Kier molecular flexibility index (Phi) is 3.81. The lowest BCUT2D eigenvalue weighted by Crippen LogP contribution is -2.47. The molecule has 1 aromatic rings. The van der Waals surface area contributed by atoms with E-state index in [1.165, 1.54) is 0 Å². The molecule has 1 fully saturated rings. The third-order valence-corrected chi connectivity index (χ3v) is 3.07. The monoisotopic (exact) mass is 241 g/mol. The molecular weight excluding hydrogens is 228 g/mol. The fourth-order valence-electron chi connectivity index (χ4n) is 1.68. The van der Waals surface area contributed by atoms with Crippen LogP contribution in [0.3, 0.4) is 0 Å². The van der Waals surface area contributed by atoms with Gasteiger partial charge in [-0.1, -0.05) is 0 Å². The van der Waals surface area contributed by atoms with Crippen LogP contribution in [0.15, 0.2) is 18.5 Å². The highest BCUT2D eigenvalue weighted by molar-refractivity contribution is 7.79. The minimum absolute atomic E-state index is 0.115. The fourth-order valence-corrected chi connectivity index (χ4v) is 2.24. The molecule has 0 amide bonds. The molecular formula is C9H13N4O2S-. The highest BCUT2D eigenvalue weighted by atomic mass is 32.2. The van der Waals surface area contributed by atoms with Crippen molar-refractivity contribution in [3.8, 4) is 0 Å². The first kappa shape index (κ1) is 11.4. The van der Waals surface area contributed by atoms with Gasteiger partial charge in [0, 0.05) is 38.6 Å². The molecule has 0 spiro atoms. The van der Waals surface area contributed by atoms with Crippen LogP contribution in [0.25, 0.3) is 0 Å². The summed E-state index contributed by atoms with van der Waals surface area (Å²) in [5, 5.41) is 0. The summed E-state index contributed by atoms with van der Waals surface area (Å²) in [6.07, 6.45) is 3.42. The smallest absolute Gasteiger partial charge is 0.225 e. The van der Waals surface area contributed by atoms with E-state index in [9.17, 15) is 8.76 Å². The first-order valence-electron chi connectivity index (χ1n) is 5.06. The standard InChI is InChI=1S/C9H14N4O2S/c14-16(15)8-12-4-6-13(7-5-12)9-10-2-1-3-11-9/h1-3H,4-8H2,(H,14,15)/p-1. The molecule has 1 aliphatic rings. The highest BCUT2D eigenvalue weighted by Gasteiger charge is 2.18. The van der Waals surface area contributed by atoms with Gasteiger partial charge in [0.05, 0.1) is 5.88 Å². The molecule has 7 heteroatoms. The predicted octanol–water partition coefficient (Wildman–Crippen LogP) is -0.565. The van der Waals surface area contributed by atoms with Crippen molar-refractivity contribution in [2.45, 2.75) is 0 Å². The molecule has 6 nitrogen and oxygen atoms in total. The molecule has 16 heavy (non-hydrogen) atoms. The molecule has 0 radical (unpaired) electrons. The van der Waals surface area contributed by atoms with Crippen LogP contribution in [0.2, 0.25) is 0 Å². The van der Waals surface area contributed by atoms with Gasteiger partial charge in [0.1, 0.15) is 0 Å². The molecule has 1 saturated heterocycles. The van der Waals surface area contributed by atoms with Gasteiger partial charge >= 0.3 is 0 Å². The van der Waals surface area contributed by atoms with Crippen molar-refractivity contribution < 1.29 is 8.76 Å². The van der Waals surface area contributed by atoms with E-state index < -0.39 is 11.1 Å². The van der Waals surface area contributed by atoms with Crippen LogP contribution in [-0.4, -0.2) is 55.7 Å². The van der Waals surface area contributed by atoms with Crippen LogP contribution in [0, 0.1) is 0 Å². The van der Waals surface area contributed by atoms with Crippen molar-refractivity contribution in [3.05, 3.63) is 18.5 Å². The normalized spacial score (nSPS) is 19.7. The molecule has 88 valence electrons. The van der Waals surface area contributed by atoms with Crippen LogP contribution in [0.5, 0.6) is 0 Å². The topological polar surface area (TPSA) is 72.4 Å². The molecule has 1 atom stereocenters. The van der Waals surface area contributed by atoms with Gasteiger partial charge in [-0.15, -0.1) is 0 Å². The van der Waals surface area contributed by atoms with E-state index in [0.717, 1.165) is 26.2 Å². The van der Waals surface area contributed by atoms with E-state index in [-0.39, 0.29) is 5.88 Å². The summed E-state index contributed by atoms with van der Waals surface area (Å²) < 4.78 is 21.1. The zero-order chi connectivity index (χ0) is 11.4. The van der Waals surface area contributed by atoms with Crippen LogP contribution < -0.4 is 4.90 Å². The van der Waals surface area contributed by atoms with Crippen LogP contribution in [0.1, 0.15) is 0 Å². The number of hydrogen-bond acceptors (Lipinski definition) is 6. The third kappa shape index (κ3) is 2.97. The Labute approximate surface area is 96.6 Å². The molecule has 0 N–H and O–H groups in total. The number of nitrogens with zero attached hydrogens (tertiary/aromatic N) is 4. The average molecular weight is 241 g/mol. The number of anilines is 1. The highest BCUT2D eigenvalue weighted by Crippen LogP contribution is 2.09. The van der Waals surface area contributed by atoms with Crippen molar-refractivity contribution in [3.63, 3.8) is 0 Å². The second-order valence-corrected chi connectivity index (χ2v) is 4.45. The second-order valence-electron chi connectivity index (χ2n) is 3.59. The Morgan fingerprint density at radius 2 is 1.88 bits per heavy atom. The van der Waals surface area contributed by atoms with E-state index in [2.05, 4.69) is 14.9 Å². The summed E-state index contributed by atoms with van der Waals surface area (Å²) >= 11 is -1.99. The lowest BCUT2D eigenvalue weighted by Gasteiger charge is -2.34. The lowest BCUT2D eigenvalue weighted by atomic mass is 10.3. The van der Waals surface area contributed by atoms with Crippen molar-refractivity contribution in [1.82, 2.24) is 14.9 Å². The zero-order valence-corrected chi connectivity index (χ0v) is 9.60. The minimum atomic E-state index is -1.99. The third-order valence-electron chi connectivity index (χ3n) is 2.50. The zero-order valence-electron chi connectivity index (χ0n) is 8.78. The Hall–Kier alpha value is -1.05. The maximum Gasteiger partial charge on any atom is 0.225 e. The van der Waals surface area contributed by atoms with E-state index in [1.54, 1.807) is 18.5 Å². The summed E-state index contributed by atoms with van der Waals surface area (Å²) in [7, 11) is 0. The molecule has 1 aliphatic heterocycles. The number of piperazine rings is 1. The maximum absolute atomic E-state index is 10.5. The van der Waals surface area contributed by atoms with Gasteiger partial charge in [0.25, 0.3) is 0 Å². The number of aromatic nitrogens is 2. The molecule has 2 rings (SSSR count). The molecule has 1 unspecified atom stereocenters. The number of hydrogen-bond donors (Lipinski definition) is 0. The summed E-state index contributed by atoms with van der Waals surface area (Å²) in [4.78, 5) is 12.3. The summed E-state index contributed by atoms with van der Waals surface area (Å²) in [6, 6.07) is 1.78. The Morgan fingerprint density at radius 1 is 1.25 bits per heavy atom. The summed E-state index contributed by atoms with van der Waals surface area (Å²) in [5.74, 6) is 0.828. The van der Waals surface area contributed by atoms with Gasteiger partial charge in [-0.2, -0.15) is 0 Å². The van der Waals surface area contributed by atoms with Crippen LogP contribution in [-0.2, 0) is 11.1 Å². The van der Waals surface area contributed by atoms with Crippen molar-refractivity contribution in [2.24, 2.45) is 0 Å². The van der Waals surface area contributed by atoms with Crippen molar-refractivity contribution >= 4 is 17.0 Å².